The Bertz CT molecular complexity index is 811. The average Bonchev–Trinajstić information content (AvgIpc) is 2.52. The highest BCUT2D eigenvalue weighted by molar-refractivity contribution is 5.91. The van der Waals surface area contributed by atoms with Gasteiger partial charge in [-0.05, 0) is 44.2 Å². The van der Waals surface area contributed by atoms with Gasteiger partial charge in [-0.15, -0.1) is 0 Å². The molecule has 0 unspecified atom stereocenters. The third-order valence-electron chi connectivity index (χ3n) is 3.07. The number of anilines is 1. The van der Waals surface area contributed by atoms with Gasteiger partial charge in [-0.3, -0.25) is 9.59 Å². The SMILES string of the molecule is CCOc1ccc(NC(=O)Cn2nc(C)cc(C(=O)O)c2=O)cc1. The molecule has 0 aliphatic rings. The third-order valence-corrected chi connectivity index (χ3v) is 3.07. The van der Waals surface area contributed by atoms with E-state index in [9.17, 15) is 14.4 Å². The maximum absolute atomic E-state index is 12.0. The van der Waals surface area contributed by atoms with Gasteiger partial charge in [0, 0.05) is 5.69 Å². The van der Waals surface area contributed by atoms with Crippen molar-refractivity contribution in [3.8, 4) is 5.75 Å². The zero-order chi connectivity index (χ0) is 17.7. The van der Waals surface area contributed by atoms with Gasteiger partial charge in [-0.1, -0.05) is 0 Å². The van der Waals surface area contributed by atoms with Gasteiger partial charge < -0.3 is 15.2 Å². The molecular weight excluding hydrogens is 314 g/mol. The van der Waals surface area contributed by atoms with Gasteiger partial charge in [-0.2, -0.15) is 5.10 Å². The Labute approximate surface area is 137 Å². The fourth-order valence-corrected chi connectivity index (χ4v) is 2.07. The maximum Gasteiger partial charge on any atom is 0.341 e. The van der Waals surface area contributed by atoms with Crippen LogP contribution < -0.4 is 15.6 Å². The highest BCUT2D eigenvalue weighted by Gasteiger charge is 2.15. The van der Waals surface area contributed by atoms with Crippen molar-refractivity contribution < 1.29 is 19.4 Å². The van der Waals surface area contributed by atoms with Crippen LogP contribution in [0.3, 0.4) is 0 Å². The lowest BCUT2D eigenvalue weighted by Gasteiger charge is -2.09. The fourth-order valence-electron chi connectivity index (χ4n) is 2.07. The van der Waals surface area contributed by atoms with E-state index in [0.29, 0.717) is 23.7 Å². The first-order valence-electron chi connectivity index (χ1n) is 7.25. The molecule has 0 atom stereocenters. The van der Waals surface area contributed by atoms with Crippen LogP contribution in [0.15, 0.2) is 35.1 Å². The first-order chi connectivity index (χ1) is 11.4. The summed E-state index contributed by atoms with van der Waals surface area (Å²) in [6, 6.07) is 7.92. The quantitative estimate of drug-likeness (QED) is 0.825. The van der Waals surface area contributed by atoms with Gasteiger partial charge >= 0.3 is 5.97 Å². The molecule has 8 nitrogen and oxygen atoms in total. The van der Waals surface area contributed by atoms with Crippen LogP contribution in [-0.2, 0) is 11.3 Å². The van der Waals surface area contributed by atoms with Crippen LogP contribution in [0.25, 0.3) is 0 Å². The summed E-state index contributed by atoms with van der Waals surface area (Å²) in [7, 11) is 0. The highest BCUT2D eigenvalue weighted by atomic mass is 16.5. The van der Waals surface area contributed by atoms with Gasteiger partial charge in [0.05, 0.1) is 12.3 Å². The highest BCUT2D eigenvalue weighted by Crippen LogP contribution is 2.15. The Morgan fingerprint density at radius 1 is 1.29 bits per heavy atom. The number of aromatic nitrogens is 2. The number of ether oxygens (including phenoxy) is 1. The number of aromatic carboxylic acids is 1. The van der Waals surface area contributed by atoms with Crippen LogP contribution in [0.2, 0.25) is 0 Å². The number of hydrogen-bond donors (Lipinski definition) is 2. The van der Waals surface area contributed by atoms with E-state index in [-0.39, 0.29) is 6.54 Å². The van der Waals surface area contributed by atoms with Crippen LogP contribution >= 0.6 is 0 Å². The number of carboxylic acids is 1. The molecule has 0 aliphatic heterocycles. The lowest BCUT2D eigenvalue weighted by atomic mass is 10.2. The molecule has 2 aromatic rings. The molecule has 0 spiro atoms. The Kier molecular flexibility index (Phi) is 5.31. The number of rotatable bonds is 6. The standard InChI is InChI=1S/C16H17N3O5/c1-3-24-12-6-4-11(5-7-12)17-14(20)9-19-15(21)13(16(22)23)8-10(2)18-19/h4-8H,3,9H2,1-2H3,(H,17,20)(H,22,23). The summed E-state index contributed by atoms with van der Waals surface area (Å²) in [5, 5.41) is 15.5. The molecule has 0 fully saturated rings. The van der Waals surface area contributed by atoms with E-state index in [1.54, 1.807) is 31.2 Å². The van der Waals surface area contributed by atoms with Crippen molar-refractivity contribution in [3.05, 3.63) is 51.9 Å². The molecule has 2 N–H and O–H groups in total. The van der Waals surface area contributed by atoms with Gasteiger partial charge in [0.1, 0.15) is 17.9 Å². The van der Waals surface area contributed by atoms with Crippen LogP contribution in [0.5, 0.6) is 5.75 Å². The Morgan fingerprint density at radius 3 is 2.54 bits per heavy atom. The molecule has 1 heterocycles. The molecule has 126 valence electrons. The van der Waals surface area contributed by atoms with E-state index in [1.165, 1.54) is 6.07 Å². The minimum atomic E-state index is -1.36. The second-order valence-corrected chi connectivity index (χ2v) is 4.97. The summed E-state index contributed by atoms with van der Waals surface area (Å²) in [5.41, 5.74) is -0.380. The van der Waals surface area contributed by atoms with Crippen LogP contribution in [0, 0.1) is 6.92 Å². The number of nitrogens with zero attached hydrogens (tertiary/aromatic N) is 2. The van der Waals surface area contributed by atoms with Crippen molar-refractivity contribution in [2.75, 3.05) is 11.9 Å². The van der Waals surface area contributed by atoms with Crippen LogP contribution in [0.4, 0.5) is 5.69 Å². The van der Waals surface area contributed by atoms with Crippen molar-refractivity contribution in [1.82, 2.24) is 9.78 Å². The van der Waals surface area contributed by atoms with Crippen LogP contribution in [-0.4, -0.2) is 33.4 Å². The lowest BCUT2D eigenvalue weighted by molar-refractivity contribution is -0.117. The van der Waals surface area contributed by atoms with E-state index in [2.05, 4.69) is 10.4 Å². The van der Waals surface area contributed by atoms with Crippen molar-refractivity contribution >= 4 is 17.6 Å². The minimum absolute atomic E-state index is 0.334. The number of carboxylic acid groups (broad SMARTS) is 1. The molecule has 2 rings (SSSR count). The van der Waals surface area contributed by atoms with Gasteiger partial charge in [-0.25, -0.2) is 9.48 Å². The predicted molar refractivity (Wildman–Crippen MR) is 86.4 cm³/mol. The topological polar surface area (TPSA) is 111 Å². The van der Waals surface area contributed by atoms with Crippen molar-refractivity contribution in [3.63, 3.8) is 0 Å². The molecule has 0 saturated carbocycles. The zero-order valence-electron chi connectivity index (χ0n) is 13.3. The van der Waals surface area contributed by atoms with E-state index in [1.807, 2.05) is 6.92 Å². The predicted octanol–water partition coefficient (Wildman–Crippen LogP) is 1.29. The van der Waals surface area contributed by atoms with Gasteiger partial charge in [0.15, 0.2) is 0 Å². The average molecular weight is 331 g/mol. The van der Waals surface area contributed by atoms with Crippen LogP contribution in [0.1, 0.15) is 23.0 Å². The normalized spacial score (nSPS) is 10.2. The molecule has 1 aromatic heterocycles. The Hall–Kier alpha value is -3.16. The molecule has 8 heteroatoms. The van der Waals surface area contributed by atoms with E-state index >= 15 is 0 Å². The number of amides is 1. The van der Waals surface area contributed by atoms with Gasteiger partial charge in [0.25, 0.3) is 5.56 Å². The number of carbonyl (C=O) groups excluding carboxylic acids is 1. The molecule has 0 radical (unpaired) electrons. The molecule has 1 amide bonds. The third kappa shape index (κ3) is 4.19. The molecule has 0 aliphatic carbocycles. The molecule has 0 saturated heterocycles. The summed E-state index contributed by atoms with van der Waals surface area (Å²) in [4.78, 5) is 35.1. The summed E-state index contributed by atoms with van der Waals surface area (Å²) in [6.45, 7) is 3.58. The summed E-state index contributed by atoms with van der Waals surface area (Å²) in [6.07, 6.45) is 0. The monoisotopic (exact) mass is 331 g/mol. The number of benzene rings is 1. The molecule has 24 heavy (non-hydrogen) atoms. The lowest BCUT2D eigenvalue weighted by Crippen LogP contribution is -2.33. The summed E-state index contributed by atoms with van der Waals surface area (Å²) >= 11 is 0. The van der Waals surface area contributed by atoms with E-state index in [0.717, 1.165) is 4.68 Å². The maximum atomic E-state index is 12.0. The number of hydrogen-bond acceptors (Lipinski definition) is 5. The summed E-state index contributed by atoms with van der Waals surface area (Å²) < 4.78 is 6.14. The Balaban J connectivity index is 2.12. The largest absolute Gasteiger partial charge is 0.494 e. The first kappa shape index (κ1) is 17.2. The zero-order valence-corrected chi connectivity index (χ0v) is 13.3. The van der Waals surface area contributed by atoms with Crippen molar-refractivity contribution in [2.45, 2.75) is 20.4 Å². The summed E-state index contributed by atoms with van der Waals surface area (Å²) in [5.74, 6) is -1.17. The molecule has 1 aromatic carbocycles. The first-order valence-corrected chi connectivity index (χ1v) is 7.25. The number of carbonyl (C=O) groups is 2. The van der Waals surface area contributed by atoms with E-state index < -0.39 is 23.0 Å². The fraction of sp³-hybridized carbons (Fsp3) is 0.250. The minimum Gasteiger partial charge on any atom is -0.494 e. The van der Waals surface area contributed by atoms with Crippen molar-refractivity contribution in [2.24, 2.45) is 0 Å². The molecule has 0 bridgehead atoms. The number of nitrogens with one attached hydrogen (secondary N) is 1. The smallest absolute Gasteiger partial charge is 0.341 e. The Morgan fingerprint density at radius 2 is 1.96 bits per heavy atom. The second kappa shape index (κ2) is 7.40. The molecular formula is C16H17N3O5. The van der Waals surface area contributed by atoms with Gasteiger partial charge in [0.2, 0.25) is 5.91 Å². The van der Waals surface area contributed by atoms with Crippen molar-refractivity contribution in [1.29, 1.82) is 0 Å². The second-order valence-electron chi connectivity index (χ2n) is 4.97. The number of aryl methyl sites for hydroxylation is 1. The van der Waals surface area contributed by atoms with E-state index in [4.69, 9.17) is 9.84 Å².